The second-order valence-corrected chi connectivity index (χ2v) is 7.74. The lowest BCUT2D eigenvalue weighted by atomic mass is 9.93. The predicted molar refractivity (Wildman–Crippen MR) is 143 cm³/mol. The van der Waals surface area contributed by atoms with E-state index in [1.807, 2.05) is 44.1 Å². The number of hydrazone groups is 1. The molecule has 0 spiro atoms. The van der Waals surface area contributed by atoms with Gasteiger partial charge in [-0.15, -0.1) is 0 Å². The van der Waals surface area contributed by atoms with Crippen LogP contribution in [0.1, 0.15) is 85.8 Å². The van der Waals surface area contributed by atoms with E-state index in [0.29, 0.717) is 0 Å². The number of benzene rings is 1. The third-order valence-corrected chi connectivity index (χ3v) is 4.92. The molecule has 0 saturated heterocycles. The molecule has 0 N–H and O–H groups in total. The SMILES string of the molecule is C/C=N\N1C=C(C(/C=C\CC)=C(/C)c2cc(C)cc(Cl)c2)C=CC1C.CC.CCCC. The maximum Gasteiger partial charge on any atom is 0.0674 e. The summed E-state index contributed by atoms with van der Waals surface area (Å²) in [6, 6.07) is 6.45. The summed E-state index contributed by atoms with van der Waals surface area (Å²) in [6.07, 6.45) is 16.3. The van der Waals surface area contributed by atoms with Crippen LogP contribution >= 0.6 is 11.6 Å². The molecule has 0 amide bonds. The van der Waals surface area contributed by atoms with Crippen LogP contribution < -0.4 is 0 Å². The van der Waals surface area contributed by atoms with Gasteiger partial charge < -0.3 is 0 Å². The van der Waals surface area contributed by atoms with Crippen molar-refractivity contribution >= 4 is 23.4 Å². The van der Waals surface area contributed by atoms with Crippen molar-refractivity contribution in [2.45, 2.75) is 87.6 Å². The molecule has 2 nitrogen and oxygen atoms in total. The first-order chi connectivity index (χ1) is 14.9. The Labute approximate surface area is 197 Å². The van der Waals surface area contributed by atoms with Crippen molar-refractivity contribution in [3.05, 3.63) is 76.0 Å². The Hall–Kier alpha value is -2.06. The first kappa shape index (κ1) is 28.9. The van der Waals surface area contributed by atoms with Crippen LogP contribution in [0.25, 0.3) is 5.57 Å². The van der Waals surface area contributed by atoms with Crippen molar-refractivity contribution in [1.29, 1.82) is 0 Å². The number of aryl methyl sites for hydroxylation is 1. The van der Waals surface area contributed by atoms with Crippen molar-refractivity contribution in [2.24, 2.45) is 5.10 Å². The molecule has 0 fully saturated rings. The maximum absolute atomic E-state index is 6.28. The van der Waals surface area contributed by atoms with Gasteiger partial charge in [-0.25, -0.2) is 0 Å². The highest BCUT2D eigenvalue weighted by atomic mass is 35.5. The lowest BCUT2D eigenvalue weighted by Crippen LogP contribution is -2.24. The van der Waals surface area contributed by atoms with Crippen LogP contribution in [-0.2, 0) is 0 Å². The molecule has 1 atom stereocenters. The van der Waals surface area contributed by atoms with Gasteiger partial charge in [-0.05, 0) is 74.1 Å². The lowest BCUT2D eigenvalue weighted by Gasteiger charge is -2.25. The highest BCUT2D eigenvalue weighted by molar-refractivity contribution is 6.30. The van der Waals surface area contributed by atoms with Crippen molar-refractivity contribution in [2.75, 3.05) is 0 Å². The minimum absolute atomic E-state index is 0.255. The van der Waals surface area contributed by atoms with E-state index in [-0.39, 0.29) is 6.04 Å². The average Bonchev–Trinajstić information content (AvgIpc) is 2.77. The van der Waals surface area contributed by atoms with Crippen molar-refractivity contribution in [1.82, 2.24) is 5.01 Å². The second-order valence-electron chi connectivity index (χ2n) is 7.30. The molecule has 1 aromatic rings. The van der Waals surface area contributed by atoms with E-state index in [1.165, 1.54) is 29.6 Å². The molecular formula is C28H43ClN2. The fourth-order valence-electron chi connectivity index (χ4n) is 2.85. The van der Waals surface area contributed by atoms with Gasteiger partial charge in [0, 0.05) is 17.4 Å². The molecule has 0 bridgehead atoms. The van der Waals surface area contributed by atoms with E-state index in [9.17, 15) is 0 Å². The Morgan fingerprint density at radius 1 is 1.13 bits per heavy atom. The molecule has 3 heteroatoms. The van der Waals surface area contributed by atoms with Gasteiger partial charge in [-0.1, -0.05) is 89.4 Å². The normalized spacial score (nSPS) is 16.4. The number of rotatable bonds is 6. The van der Waals surface area contributed by atoms with Gasteiger partial charge in [0.15, 0.2) is 0 Å². The Kier molecular flexibility index (Phi) is 15.5. The van der Waals surface area contributed by atoms with Gasteiger partial charge in [0.1, 0.15) is 0 Å². The van der Waals surface area contributed by atoms with Crippen LogP contribution in [0, 0.1) is 6.92 Å². The molecule has 31 heavy (non-hydrogen) atoms. The van der Waals surface area contributed by atoms with Crippen LogP contribution in [0.4, 0.5) is 0 Å². The summed E-state index contributed by atoms with van der Waals surface area (Å²) in [5, 5.41) is 7.21. The summed E-state index contributed by atoms with van der Waals surface area (Å²) < 4.78 is 0. The number of hydrogen-bond donors (Lipinski definition) is 0. The summed E-state index contributed by atoms with van der Waals surface area (Å²) in [4.78, 5) is 0. The molecule has 1 aliphatic rings. The summed E-state index contributed by atoms with van der Waals surface area (Å²) in [7, 11) is 0. The second kappa shape index (κ2) is 16.6. The minimum atomic E-state index is 0.255. The molecule has 172 valence electrons. The number of allylic oxidation sites excluding steroid dienone is 6. The standard InChI is InChI=1S/C22H27ClN2.C4H10.C2H6/c1-6-8-9-22(18(5)20-12-16(3)13-21(23)14-20)19-11-10-17(4)25(15-19)24-7-2;1-3-4-2;1-2/h7-15,17H,6H2,1-5H3;3-4H2,1-2H3;1-2H3/b9-8-,22-18-,24-7-;;. The molecule has 0 aliphatic carbocycles. The average molecular weight is 443 g/mol. The third-order valence-electron chi connectivity index (χ3n) is 4.70. The quantitative estimate of drug-likeness (QED) is 0.316. The molecule has 0 radical (unpaired) electrons. The molecule has 1 heterocycles. The van der Waals surface area contributed by atoms with E-state index >= 15 is 0 Å². The first-order valence-electron chi connectivity index (χ1n) is 11.7. The van der Waals surface area contributed by atoms with Gasteiger partial charge in [-0.2, -0.15) is 5.10 Å². The van der Waals surface area contributed by atoms with Gasteiger partial charge in [0.2, 0.25) is 0 Å². The Morgan fingerprint density at radius 2 is 1.77 bits per heavy atom. The highest BCUT2D eigenvalue weighted by Crippen LogP contribution is 2.30. The number of halogens is 1. The van der Waals surface area contributed by atoms with Crippen LogP contribution in [-0.4, -0.2) is 17.3 Å². The number of hydrogen-bond acceptors (Lipinski definition) is 2. The molecular weight excluding hydrogens is 400 g/mol. The molecule has 2 rings (SSSR count). The van der Waals surface area contributed by atoms with Gasteiger partial charge in [0.25, 0.3) is 0 Å². The van der Waals surface area contributed by atoms with E-state index in [0.717, 1.165) is 22.6 Å². The fourth-order valence-corrected chi connectivity index (χ4v) is 3.14. The van der Waals surface area contributed by atoms with Gasteiger partial charge in [-0.3, -0.25) is 5.01 Å². The lowest BCUT2D eigenvalue weighted by molar-refractivity contribution is 0.350. The number of unbranched alkanes of at least 4 members (excludes halogenated alkanes) is 1. The van der Waals surface area contributed by atoms with Gasteiger partial charge in [0.05, 0.1) is 6.04 Å². The summed E-state index contributed by atoms with van der Waals surface area (Å²) in [5.74, 6) is 0. The molecule has 1 aliphatic heterocycles. The molecule has 0 saturated carbocycles. The summed E-state index contributed by atoms with van der Waals surface area (Å²) >= 11 is 6.28. The molecule has 0 aromatic heterocycles. The zero-order valence-corrected chi connectivity index (χ0v) is 21.9. The van der Waals surface area contributed by atoms with Crippen molar-refractivity contribution in [3.8, 4) is 0 Å². The monoisotopic (exact) mass is 442 g/mol. The Bertz CT molecular complexity index is 775. The van der Waals surface area contributed by atoms with Crippen molar-refractivity contribution < 1.29 is 0 Å². The Balaban J connectivity index is 0.00000134. The topological polar surface area (TPSA) is 15.6 Å². The van der Waals surface area contributed by atoms with E-state index < -0.39 is 0 Å². The van der Waals surface area contributed by atoms with Gasteiger partial charge >= 0.3 is 0 Å². The predicted octanol–water partition coefficient (Wildman–Crippen LogP) is 9.37. The van der Waals surface area contributed by atoms with E-state index in [4.69, 9.17) is 11.6 Å². The highest BCUT2D eigenvalue weighted by Gasteiger charge is 2.15. The number of nitrogens with zero attached hydrogens (tertiary/aromatic N) is 2. The third kappa shape index (κ3) is 10.2. The van der Waals surface area contributed by atoms with Crippen LogP contribution in [0.15, 0.2) is 65.0 Å². The first-order valence-corrected chi connectivity index (χ1v) is 12.1. The van der Waals surface area contributed by atoms with Crippen molar-refractivity contribution in [3.63, 3.8) is 0 Å². The largest absolute Gasteiger partial charge is 0.266 e. The molecule has 1 unspecified atom stereocenters. The van der Waals surface area contributed by atoms with Crippen LogP contribution in [0.3, 0.4) is 0 Å². The zero-order chi connectivity index (χ0) is 23.8. The smallest absolute Gasteiger partial charge is 0.0674 e. The Morgan fingerprint density at radius 3 is 2.29 bits per heavy atom. The summed E-state index contributed by atoms with van der Waals surface area (Å²) in [6.45, 7) is 18.8. The fraction of sp³-hybridized carbons (Fsp3) is 0.464. The summed E-state index contributed by atoms with van der Waals surface area (Å²) in [5.41, 5.74) is 5.88. The zero-order valence-electron chi connectivity index (χ0n) is 21.2. The minimum Gasteiger partial charge on any atom is -0.266 e. The van der Waals surface area contributed by atoms with Crippen LogP contribution in [0.5, 0.6) is 0 Å². The van der Waals surface area contributed by atoms with Crippen LogP contribution in [0.2, 0.25) is 5.02 Å². The molecule has 1 aromatic carbocycles. The van der Waals surface area contributed by atoms with E-state index in [2.05, 4.69) is 83.2 Å². The van der Waals surface area contributed by atoms with E-state index in [1.54, 1.807) is 0 Å². The maximum atomic E-state index is 6.28.